The van der Waals surface area contributed by atoms with Gasteiger partial charge in [0.2, 0.25) is 5.96 Å². The van der Waals surface area contributed by atoms with Crippen LogP contribution in [0.4, 0.5) is 0 Å². The van der Waals surface area contributed by atoms with Crippen molar-refractivity contribution in [2.75, 3.05) is 7.05 Å². The molecule has 0 saturated heterocycles. The van der Waals surface area contributed by atoms with Crippen LogP contribution in [-0.2, 0) is 6.54 Å². The first-order valence-electron chi connectivity index (χ1n) is 6.43. The summed E-state index contributed by atoms with van der Waals surface area (Å²) in [6.07, 6.45) is 1.84. The van der Waals surface area contributed by atoms with Gasteiger partial charge < -0.3 is 5.32 Å². The van der Waals surface area contributed by atoms with Gasteiger partial charge in [-0.1, -0.05) is 41.9 Å². The molecule has 106 valence electrons. The van der Waals surface area contributed by atoms with Crippen LogP contribution in [0, 0.1) is 11.5 Å². The topological polar surface area (TPSA) is 60.2 Å². The van der Waals surface area contributed by atoms with Crippen molar-refractivity contribution in [2.45, 2.75) is 6.54 Å². The van der Waals surface area contributed by atoms with Crippen molar-refractivity contribution in [1.29, 1.82) is 5.26 Å². The van der Waals surface area contributed by atoms with Gasteiger partial charge >= 0.3 is 0 Å². The first-order chi connectivity index (χ1) is 10.2. The largest absolute Gasteiger partial charge is 0.352 e. The number of nitrogens with zero attached hydrogens (tertiary/aromatic N) is 2. The van der Waals surface area contributed by atoms with Crippen LogP contribution in [0.3, 0.4) is 0 Å². The van der Waals surface area contributed by atoms with E-state index < -0.39 is 0 Å². The Bertz CT molecular complexity index is 689. The monoisotopic (exact) mass is 298 g/mol. The molecular weight excluding hydrogens is 284 g/mol. The van der Waals surface area contributed by atoms with Crippen molar-refractivity contribution in [1.82, 2.24) is 10.6 Å². The molecule has 2 aromatic rings. The number of hydrogen-bond acceptors (Lipinski definition) is 2. The number of halogens is 1. The van der Waals surface area contributed by atoms with Crippen LogP contribution in [0.25, 0.3) is 11.1 Å². The fraction of sp³-hybridized carbons (Fsp3) is 0.125. The van der Waals surface area contributed by atoms with Crippen molar-refractivity contribution in [2.24, 2.45) is 4.99 Å². The summed E-state index contributed by atoms with van der Waals surface area (Å²) in [5, 5.41) is 14.9. The number of guanidine groups is 1. The molecule has 4 nitrogen and oxygen atoms in total. The van der Waals surface area contributed by atoms with Gasteiger partial charge in [0, 0.05) is 18.6 Å². The van der Waals surface area contributed by atoms with E-state index in [9.17, 15) is 0 Å². The Hall–Kier alpha value is -2.51. The van der Waals surface area contributed by atoms with E-state index in [1.807, 2.05) is 48.7 Å². The molecule has 2 aromatic carbocycles. The van der Waals surface area contributed by atoms with Crippen molar-refractivity contribution >= 4 is 17.6 Å². The Labute approximate surface area is 129 Å². The Balaban J connectivity index is 2.13. The van der Waals surface area contributed by atoms with E-state index in [-0.39, 0.29) is 0 Å². The number of nitrogens with one attached hydrogen (secondary N) is 2. The lowest BCUT2D eigenvalue weighted by molar-refractivity contribution is 0.880. The van der Waals surface area contributed by atoms with Crippen LogP contribution in [-0.4, -0.2) is 13.0 Å². The molecule has 21 heavy (non-hydrogen) atoms. The number of rotatable bonds is 3. The summed E-state index contributed by atoms with van der Waals surface area (Å²) < 4.78 is 0. The molecule has 0 fully saturated rings. The molecule has 0 spiro atoms. The summed E-state index contributed by atoms with van der Waals surface area (Å²) in [4.78, 5) is 3.94. The predicted octanol–water partition coefficient (Wildman–Crippen LogP) is 3.15. The zero-order chi connectivity index (χ0) is 15.1. The molecule has 0 unspecified atom stereocenters. The third kappa shape index (κ3) is 4.23. The highest BCUT2D eigenvalue weighted by Gasteiger charge is 2.01. The smallest absolute Gasteiger partial charge is 0.204 e. The fourth-order valence-electron chi connectivity index (χ4n) is 1.95. The van der Waals surface area contributed by atoms with E-state index in [1.54, 1.807) is 7.05 Å². The Morgan fingerprint density at radius 2 is 1.90 bits per heavy atom. The average molecular weight is 299 g/mol. The summed E-state index contributed by atoms with van der Waals surface area (Å²) in [5.74, 6) is 0.450. The van der Waals surface area contributed by atoms with E-state index in [0.29, 0.717) is 12.5 Å². The Morgan fingerprint density at radius 3 is 2.57 bits per heavy atom. The highest BCUT2D eigenvalue weighted by atomic mass is 35.5. The lowest BCUT2D eigenvalue weighted by Crippen LogP contribution is -2.33. The fourth-order valence-corrected chi connectivity index (χ4v) is 2.14. The molecule has 5 heteroatoms. The molecule has 0 atom stereocenters. The summed E-state index contributed by atoms with van der Waals surface area (Å²) in [6.45, 7) is 0.579. The lowest BCUT2D eigenvalue weighted by atomic mass is 10.0. The van der Waals surface area contributed by atoms with Gasteiger partial charge in [0.05, 0.1) is 0 Å². The van der Waals surface area contributed by atoms with Gasteiger partial charge in [-0.05, 0) is 34.9 Å². The Kier molecular flexibility index (Phi) is 5.19. The number of aliphatic imine (C=N–C) groups is 1. The molecular formula is C16H15ClN4. The molecule has 0 aliphatic carbocycles. The number of nitriles is 1. The van der Waals surface area contributed by atoms with Gasteiger partial charge in [-0.15, -0.1) is 0 Å². The van der Waals surface area contributed by atoms with Gasteiger partial charge in [0.25, 0.3) is 0 Å². The molecule has 0 aliphatic heterocycles. The maximum absolute atomic E-state index is 8.59. The van der Waals surface area contributed by atoms with E-state index in [1.165, 1.54) is 0 Å². The quantitative estimate of drug-likeness (QED) is 0.396. The molecule has 0 aliphatic rings. The highest BCUT2D eigenvalue weighted by molar-refractivity contribution is 6.30. The predicted molar refractivity (Wildman–Crippen MR) is 85.8 cm³/mol. The first-order valence-corrected chi connectivity index (χ1v) is 6.81. The minimum Gasteiger partial charge on any atom is -0.352 e. The second-order valence-corrected chi connectivity index (χ2v) is 4.81. The molecule has 0 heterocycles. The second-order valence-electron chi connectivity index (χ2n) is 4.37. The summed E-state index contributed by atoms with van der Waals surface area (Å²) in [5.41, 5.74) is 3.26. The normalized spacial score (nSPS) is 10.8. The third-order valence-electron chi connectivity index (χ3n) is 2.94. The maximum atomic E-state index is 8.59. The van der Waals surface area contributed by atoms with Gasteiger partial charge in [-0.2, -0.15) is 5.26 Å². The van der Waals surface area contributed by atoms with Crippen LogP contribution in [0.2, 0.25) is 5.02 Å². The van der Waals surface area contributed by atoms with Gasteiger partial charge in [-0.3, -0.25) is 10.3 Å². The zero-order valence-corrected chi connectivity index (χ0v) is 12.4. The molecule has 0 radical (unpaired) electrons. The Morgan fingerprint density at radius 1 is 1.19 bits per heavy atom. The van der Waals surface area contributed by atoms with Crippen LogP contribution < -0.4 is 10.6 Å². The van der Waals surface area contributed by atoms with E-state index in [4.69, 9.17) is 16.9 Å². The minimum atomic E-state index is 0.450. The van der Waals surface area contributed by atoms with Gasteiger partial charge in [-0.25, -0.2) is 0 Å². The number of hydrogen-bond donors (Lipinski definition) is 2. The standard InChI is InChI=1S/C16H15ClN4/c1-19-16(21-11-18)20-10-12-4-2-5-13(8-12)14-6-3-7-15(17)9-14/h2-9H,10H2,1H3,(H2,19,20,21). The van der Waals surface area contributed by atoms with E-state index >= 15 is 0 Å². The summed E-state index contributed by atoms with van der Waals surface area (Å²) in [7, 11) is 1.62. The molecule has 0 amide bonds. The molecule has 2 rings (SSSR count). The maximum Gasteiger partial charge on any atom is 0.204 e. The second kappa shape index (κ2) is 7.32. The highest BCUT2D eigenvalue weighted by Crippen LogP contribution is 2.23. The van der Waals surface area contributed by atoms with Crippen molar-refractivity contribution in [3.63, 3.8) is 0 Å². The van der Waals surface area contributed by atoms with Gasteiger partial charge in [0.15, 0.2) is 6.19 Å². The lowest BCUT2D eigenvalue weighted by Gasteiger charge is -2.09. The van der Waals surface area contributed by atoms with Crippen molar-refractivity contribution < 1.29 is 0 Å². The van der Waals surface area contributed by atoms with Crippen LogP contribution in [0.1, 0.15) is 5.56 Å². The SMILES string of the molecule is CN=C(NC#N)NCc1cccc(-c2cccc(Cl)c2)c1. The van der Waals surface area contributed by atoms with Crippen LogP contribution >= 0.6 is 11.6 Å². The van der Waals surface area contributed by atoms with E-state index in [2.05, 4.69) is 21.7 Å². The van der Waals surface area contributed by atoms with Crippen molar-refractivity contribution in [3.05, 3.63) is 59.1 Å². The summed E-state index contributed by atoms with van der Waals surface area (Å²) >= 11 is 6.02. The minimum absolute atomic E-state index is 0.450. The molecule has 0 aromatic heterocycles. The number of benzene rings is 2. The average Bonchev–Trinajstić information content (AvgIpc) is 2.52. The van der Waals surface area contributed by atoms with Crippen LogP contribution in [0.5, 0.6) is 0 Å². The molecule has 0 bridgehead atoms. The molecule has 2 N–H and O–H groups in total. The van der Waals surface area contributed by atoms with E-state index in [0.717, 1.165) is 21.7 Å². The van der Waals surface area contributed by atoms with Crippen LogP contribution in [0.15, 0.2) is 53.5 Å². The van der Waals surface area contributed by atoms with Gasteiger partial charge in [0.1, 0.15) is 0 Å². The first kappa shape index (κ1) is 14.9. The third-order valence-corrected chi connectivity index (χ3v) is 3.18. The van der Waals surface area contributed by atoms with Crippen molar-refractivity contribution in [3.8, 4) is 17.3 Å². The molecule has 0 saturated carbocycles. The zero-order valence-electron chi connectivity index (χ0n) is 11.6. The summed E-state index contributed by atoms with van der Waals surface area (Å²) in [6, 6.07) is 15.9.